The molecule has 5 rings (SSSR count). The maximum absolute atomic E-state index is 12.9. The van der Waals surface area contributed by atoms with E-state index in [9.17, 15) is 14.4 Å². The molecule has 2 aliphatic heterocycles. The van der Waals surface area contributed by atoms with E-state index < -0.39 is 6.04 Å². The number of aromatic nitrogens is 2. The van der Waals surface area contributed by atoms with Gasteiger partial charge in [0.2, 0.25) is 11.8 Å². The van der Waals surface area contributed by atoms with Crippen molar-refractivity contribution in [3.8, 4) is 0 Å². The summed E-state index contributed by atoms with van der Waals surface area (Å²) in [4.78, 5) is 47.7. The summed E-state index contributed by atoms with van der Waals surface area (Å²) in [6.07, 6.45) is 1.56. The summed E-state index contributed by atoms with van der Waals surface area (Å²) in [5.74, 6) is 0.377. The number of hydrogen-bond donors (Lipinski definition) is 3. The number of H-pyrrole nitrogens is 1. The van der Waals surface area contributed by atoms with Gasteiger partial charge in [-0.3, -0.25) is 14.4 Å². The molecule has 3 amide bonds. The molecule has 0 radical (unpaired) electrons. The quantitative estimate of drug-likeness (QED) is 0.608. The number of carbonyl (C=O) groups excluding carboxylic acids is 3. The maximum Gasteiger partial charge on any atom is 0.254 e. The second-order valence-corrected chi connectivity index (χ2v) is 8.06. The van der Waals surface area contributed by atoms with E-state index >= 15 is 0 Å². The molecule has 8 heteroatoms. The molecule has 0 spiro atoms. The zero-order valence-electron chi connectivity index (χ0n) is 16.9. The molecule has 1 saturated heterocycles. The van der Waals surface area contributed by atoms with Gasteiger partial charge >= 0.3 is 0 Å². The van der Waals surface area contributed by atoms with Gasteiger partial charge in [-0.05, 0) is 37.1 Å². The zero-order valence-corrected chi connectivity index (χ0v) is 16.9. The molecule has 1 atom stereocenters. The lowest BCUT2D eigenvalue weighted by atomic mass is 9.95. The van der Waals surface area contributed by atoms with Crippen molar-refractivity contribution in [1.29, 1.82) is 0 Å². The Balaban J connectivity index is 1.21. The topological polar surface area (TPSA) is 107 Å². The SMILES string of the molecule is O=C1NC(CC(=O)N2CCC(c3nc4ccccc4[nH]3)CC2)C(=O)Nc2ccccc21. The highest BCUT2D eigenvalue weighted by Gasteiger charge is 2.32. The molecule has 0 saturated carbocycles. The smallest absolute Gasteiger partial charge is 0.254 e. The lowest BCUT2D eigenvalue weighted by Crippen LogP contribution is -2.46. The van der Waals surface area contributed by atoms with E-state index in [1.54, 1.807) is 29.2 Å². The third kappa shape index (κ3) is 3.76. The number of aromatic amines is 1. The fourth-order valence-corrected chi connectivity index (χ4v) is 4.33. The molecule has 0 bridgehead atoms. The largest absolute Gasteiger partial charge is 0.343 e. The number of nitrogens with zero attached hydrogens (tertiary/aromatic N) is 2. The first-order chi connectivity index (χ1) is 15.1. The Morgan fingerprint density at radius 2 is 1.77 bits per heavy atom. The third-order valence-electron chi connectivity index (χ3n) is 6.07. The highest BCUT2D eigenvalue weighted by Crippen LogP contribution is 2.28. The Hall–Kier alpha value is -3.68. The first-order valence-corrected chi connectivity index (χ1v) is 10.5. The van der Waals surface area contributed by atoms with E-state index in [-0.39, 0.29) is 30.1 Å². The van der Waals surface area contributed by atoms with Crippen LogP contribution in [0.15, 0.2) is 48.5 Å². The molecule has 3 heterocycles. The molecule has 3 N–H and O–H groups in total. The molecule has 1 fully saturated rings. The number of para-hydroxylation sites is 3. The van der Waals surface area contributed by atoms with Crippen LogP contribution in [0.3, 0.4) is 0 Å². The average Bonchev–Trinajstić information content (AvgIpc) is 3.18. The first-order valence-electron chi connectivity index (χ1n) is 10.5. The Morgan fingerprint density at radius 3 is 2.58 bits per heavy atom. The zero-order chi connectivity index (χ0) is 21.4. The van der Waals surface area contributed by atoms with Crippen LogP contribution in [0.25, 0.3) is 11.0 Å². The van der Waals surface area contributed by atoms with E-state index in [0.717, 1.165) is 29.7 Å². The molecular formula is C23H23N5O3. The number of carbonyl (C=O) groups is 3. The summed E-state index contributed by atoms with van der Waals surface area (Å²) in [6.45, 7) is 1.20. The van der Waals surface area contributed by atoms with Crippen LogP contribution in [0.1, 0.15) is 41.4 Å². The van der Waals surface area contributed by atoms with Crippen molar-refractivity contribution in [2.24, 2.45) is 0 Å². The fourth-order valence-electron chi connectivity index (χ4n) is 4.33. The Labute approximate surface area is 179 Å². The summed E-state index contributed by atoms with van der Waals surface area (Å²) >= 11 is 0. The van der Waals surface area contributed by atoms with Crippen molar-refractivity contribution >= 4 is 34.4 Å². The predicted octanol–water partition coefficient (Wildman–Crippen LogP) is 2.41. The number of anilines is 1. The third-order valence-corrected chi connectivity index (χ3v) is 6.07. The van der Waals surface area contributed by atoms with Gasteiger partial charge in [-0.25, -0.2) is 4.98 Å². The van der Waals surface area contributed by atoms with Gasteiger partial charge in [0.15, 0.2) is 0 Å². The molecule has 158 valence electrons. The van der Waals surface area contributed by atoms with E-state index in [1.165, 1.54) is 0 Å². The molecule has 2 aromatic carbocycles. The molecular weight excluding hydrogens is 394 g/mol. The van der Waals surface area contributed by atoms with Gasteiger partial charge in [0, 0.05) is 19.0 Å². The van der Waals surface area contributed by atoms with Crippen LogP contribution in [-0.2, 0) is 9.59 Å². The van der Waals surface area contributed by atoms with Gasteiger partial charge < -0.3 is 20.5 Å². The van der Waals surface area contributed by atoms with Crippen LogP contribution in [-0.4, -0.2) is 51.7 Å². The van der Waals surface area contributed by atoms with Crippen LogP contribution in [0.4, 0.5) is 5.69 Å². The lowest BCUT2D eigenvalue weighted by molar-refractivity contribution is -0.134. The molecule has 8 nitrogen and oxygen atoms in total. The monoisotopic (exact) mass is 417 g/mol. The number of benzene rings is 2. The second-order valence-electron chi connectivity index (χ2n) is 8.06. The van der Waals surface area contributed by atoms with Crippen molar-refractivity contribution in [2.75, 3.05) is 18.4 Å². The molecule has 3 aromatic rings. The highest BCUT2D eigenvalue weighted by atomic mass is 16.2. The van der Waals surface area contributed by atoms with E-state index in [2.05, 4.69) is 20.6 Å². The molecule has 0 aliphatic carbocycles. The minimum Gasteiger partial charge on any atom is -0.343 e. The number of piperidine rings is 1. The van der Waals surface area contributed by atoms with Crippen molar-refractivity contribution in [2.45, 2.75) is 31.2 Å². The van der Waals surface area contributed by atoms with Crippen molar-refractivity contribution in [3.63, 3.8) is 0 Å². The standard InChI is InChI=1S/C23H23N5O3/c29-20(13-19-23(31)26-16-6-2-1-5-15(16)22(30)27-19)28-11-9-14(10-12-28)21-24-17-7-3-4-8-18(17)25-21/h1-8,14,19H,9-13H2,(H,24,25)(H,26,31)(H,27,30). The average molecular weight is 417 g/mol. The van der Waals surface area contributed by atoms with Crippen molar-refractivity contribution in [3.05, 3.63) is 59.9 Å². The molecule has 2 aliphatic rings. The van der Waals surface area contributed by atoms with Gasteiger partial charge in [0.05, 0.1) is 28.7 Å². The Bertz CT molecular complexity index is 1130. The van der Waals surface area contributed by atoms with Crippen LogP contribution in [0.2, 0.25) is 0 Å². The number of hydrogen-bond acceptors (Lipinski definition) is 4. The van der Waals surface area contributed by atoms with Crippen LogP contribution in [0, 0.1) is 0 Å². The first kappa shape index (κ1) is 19.3. The lowest BCUT2D eigenvalue weighted by Gasteiger charge is -2.32. The van der Waals surface area contributed by atoms with Crippen molar-refractivity contribution < 1.29 is 14.4 Å². The second kappa shape index (κ2) is 7.86. The molecule has 31 heavy (non-hydrogen) atoms. The number of imidazole rings is 1. The highest BCUT2D eigenvalue weighted by molar-refractivity contribution is 6.10. The van der Waals surface area contributed by atoms with Crippen LogP contribution in [0.5, 0.6) is 0 Å². The van der Waals surface area contributed by atoms with Crippen molar-refractivity contribution in [1.82, 2.24) is 20.2 Å². The number of nitrogens with one attached hydrogen (secondary N) is 3. The van der Waals surface area contributed by atoms with Crippen LogP contribution >= 0.6 is 0 Å². The van der Waals surface area contributed by atoms with Gasteiger partial charge in [0.1, 0.15) is 11.9 Å². The predicted molar refractivity (Wildman–Crippen MR) is 116 cm³/mol. The van der Waals surface area contributed by atoms with Crippen LogP contribution < -0.4 is 10.6 Å². The molecule has 1 aromatic heterocycles. The summed E-state index contributed by atoms with van der Waals surface area (Å²) < 4.78 is 0. The summed E-state index contributed by atoms with van der Waals surface area (Å²) in [6, 6.07) is 13.9. The van der Waals surface area contributed by atoms with Gasteiger partial charge in [0.25, 0.3) is 5.91 Å². The van der Waals surface area contributed by atoms with Gasteiger partial charge in [-0.1, -0.05) is 24.3 Å². The Kier molecular flexibility index (Phi) is 4.89. The number of likely N-dealkylation sites (tertiary alicyclic amines) is 1. The van der Waals surface area contributed by atoms with Gasteiger partial charge in [-0.2, -0.15) is 0 Å². The molecule has 1 unspecified atom stereocenters. The summed E-state index contributed by atoms with van der Waals surface area (Å²) in [5, 5.41) is 5.44. The summed E-state index contributed by atoms with van der Waals surface area (Å²) in [7, 11) is 0. The fraction of sp³-hybridized carbons (Fsp3) is 0.304. The number of fused-ring (bicyclic) bond motifs is 2. The van der Waals surface area contributed by atoms with E-state index in [1.807, 2.05) is 24.3 Å². The number of amides is 3. The number of rotatable bonds is 3. The minimum absolute atomic E-state index is 0.0547. The summed E-state index contributed by atoms with van der Waals surface area (Å²) in [5.41, 5.74) is 2.84. The Morgan fingerprint density at radius 1 is 1.03 bits per heavy atom. The van der Waals surface area contributed by atoms with E-state index in [0.29, 0.717) is 24.3 Å². The normalized spacial score (nSPS) is 19.5. The van der Waals surface area contributed by atoms with Gasteiger partial charge in [-0.15, -0.1) is 0 Å². The van der Waals surface area contributed by atoms with E-state index in [4.69, 9.17) is 0 Å². The maximum atomic E-state index is 12.9. The minimum atomic E-state index is -0.888.